The summed E-state index contributed by atoms with van der Waals surface area (Å²) in [4.78, 5) is 54.9. The number of nitrogens with zero attached hydrogens (tertiary/aromatic N) is 1. The molecule has 2 heterocycles. The van der Waals surface area contributed by atoms with Crippen molar-refractivity contribution in [2.45, 2.75) is 83.7 Å². The summed E-state index contributed by atoms with van der Waals surface area (Å²) in [5.74, 6) is -0.384. The van der Waals surface area contributed by atoms with E-state index in [0.29, 0.717) is 50.0 Å². The number of likely N-dealkylation sites (tertiary alicyclic amines) is 1. The average molecular weight is 443 g/mol. The highest BCUT2D eigenvalue weighted by Gasteiger charge is 2.34. The summed E-state index contributed by atoms with van der Waals surface area (Å²) in [7, 11) is 0. The number of hydrogen-bond donors (Lipinski definition) is 3. The van der Waals surface area contributed by atoms with Gasteiger partial charge < -0.3 is 20.5 Å². The lowest BCUT2D eigenvalue weighted by Crippen LogP contribution is -2.51. The van der Waals surface area contributed by atoms with Crippen LogP contribution in [0.5, 0.6) is 0 Å². The summed E-state index contributed by atoms with van der Waals surface area (Å²) < 4.78 is 0. The molecule has 0 unspecified atom stereocenters. The van der Waals surface area contributed by atoms with Crippen LogP contribution in [-0.4, -0.2) is 52.8 Å². The zero-order valence-electron chi connectivity index (χ0n) is 19.1. The van der Waals surface area contributed by atoms with Crippen LogP contribution in [0.15, 0.2) is 10.9 Å². The Kier molecular flexibility index (Phi) is 6.40. The van der Waals surface area contributed by atoms with Crippen molar-refractivity contribution in [2.75, 3.05) is 13.1 Å². The molecule has 2 fully saturated rings. The fraction of sp³-hybridized carbons (Fsp3) is 0.667. The third-order valence-electron chi connectivity index (χ3n) is 7.01. The van der Waals surface area contributed by atoms with Gasteiger partial charge in [-0.15, -0.1) is 0 Å². The van der Waals surface area contributed by atoms with Gasteiger partial charge in [-0.2, -0.15) is 0 Å². The molecular formula is C24H34N4O4. The Morgan fingerprint density at radius 3 is 2.25 bits per heavy atom. The van der Waals surface area contributed by atoms with Gasteiger partial charge in [0.05, 0.1) is 0 Å². The van der Waals surface area contributed by atoms with Crippen molar-refractivity contribution in [2.24, 2.45) is 5.41 Å². The largest absolute Gasteiger partial charge is 0.338 e. The number of rotatable bonds is 3. The SMILES string of the molecule is CC1(C)CC(=O)c2cc(C(=O)N3CCC(NC(=O)NC4CCCCC4)CC3)c(=O)[nH]c2C1. The zero-order chi connectivity index (χ0) is 22.9. The van der Waals surface area contributed by atoms with Crippen molar-refractivity contribution >= 4 is 17.7 Å². The Morgan fingerprint density at radius 2 is 1.59 bits per heavy atom. The number of ketones is 1. The summed E-state index contributed by atoms with van der Waals surface area (Å²) >= 11 is 0. The highest BCUT2D eigenvalue weighted by atomic mass is 16.2. The van der Waals surface area contributed by atoms with Crippen LogP contribution < -0.4 is 16.2 Å². The summed E-state index contributed by atoms with van der Waals surface area (Å²) in [5.41, 5.74) is 0.476. The predicted octanol–water partition coefficient (Wildman–Crippen LogP) is 2.77. The minimum atomic E-state index is -0.439. The van der Waals surface area contributed by atoms with Crippen LogP contribution in [0, 0.1) is 5.41 Å². The number of hydrogen-bond acceptors (Lipinski definition) is 4. The van der Waals surface area contributed by atoms with Crippen molar-refractivity contribution < 1.29 is 14.4 Å². The van der Waals surface area contributed by atoms with Crippen molar-refractivity contribution in [3.63, 3.8) is 0 Å². The number of carbonyl (C=O) groups is 3. The normalized spacial score (nSPS) is 21.7. The molecule has 3 aliphatic rings. The molecular weight excluding hydrogens is 408 g/mol. The molecule has 2 aliphatic carbocycles. The molecule has 3 N–H and O–H groups in total. The number of Topliss-reactive ketones (excluding diaryl/α,β-unsaturated/α-hetero) is 1. The number of aromatic amines is 1. The lowest BCUT2D eigenvalue weighted by atomic mass is 9.75. The van der Waals surface area contributed by atoms with E-state index in [2.05, 4.69) is 15.6 Å². The number of amides is 3. The topological polar surface area (TPSA) is 111 Å². The van der Waals surface area contributed by atoms with E-state index in [4.69, 9.17) is 0 Å². The molecule has 3 amide bonds. The van der Waals surface area contributed by atoms with Gasteiger partial charge in [-0.25, -0.2) is 4.79 Å². The number of H-pyrrole nitrogens is 1. The number of fused-ring (bicyclic) bond motifs is 1. The molecule has 8 nitrogen and oxygen atoms in total. The van der Waals surface area contributed by atoms with E-state index in [1.807, 2.05) is 13.8 Å². The second kappa shape index (κ2) is 9.08. The average Bonchev–Trinajstić information content (AvgIpc) is 2.73. The molecule has 0 aromatic carbocycles. The van der Waals surface area contributed by atoms with Gasteiger partial charge in [-0.3, -0.25) is 14.4 Å². The monoisotopic (exact) mass is 442 g/mol. The van der Waals surface area contributed by atoms with Gasteiger partial charge in [0.2, 0.25) is 0 Å². The van der Waals surface area contributed by atoms with Gasteiger partial charge in [0, 0.05) is 42.9 Å². The number of aromatic nitrogens is 1. The van der Waals surface area contributed by atoms with E-state index >= 15 is 0 Å². The van der Waals surface area contributed by atoms with Crippen molar-refractivity contribution in [3.8, 4) is 0 Å². The number of piperidine rings is 1. The molecule has 1 aliphatic heterocycles. The van der Waals surface area contributed by atoms with Crippen LogP contribution in [0.25, 0.3) is 0 Å². The first-order valence-corrected chi connectivity index (χ1v) is 11.9. The van der Waals surface area contributed by atoms with E-state index in [-0.39, 0.29) is 40.8 Å². The third-order valence-corrected chi connectivity index (χ3v) is 7.01. The molecule has 0 spiro atoms. The Hall–Kier alpha value is -2.64. The van der Waals surface area contributed by atoms with Crippen LogP contribution in [0.1, 0.15) is 91.6 Å². The smallest absolute Gasteiger partial charge is 0.315 e. The molecule has 4 rings (SSSR count). The summed E-state index contributed by atoms with van der Waals surface area (Å²) in [6, 6.07) is 1.62. The first-order chi connectivity index (χ1) is 15.2. The molecule has 0 bridgehead atoms. The summed E-state index contributed by atoms with van der Waals surface area (Å²) in [6.45, 7) is 4.92. The number of urea groups is 1. The summed E-state index contributed by atoms with van der Waals surface area (Å²) in [6.07, 6.45) is 7.93. The first-order valence-electron chi connectivity index (χ1n) is 11.9. The van der Waals surface area contributed by atoms with Crippen LogP contribution in [0.2, 0.25) is 0 Å². The molecule has 1 aromatic heterocycles. The maximum absolute atomic E-state index is 13.0. The van der Waals surface area contributed by atoms with Gasteiger partial charge in [0.1, 0.15) is 5.56 Å². The van der Waals surface area contributed by atoms with E-state index in [1.165, 1.54) is 12.5 Å². The molecule has 32 heavy (non-hydrogen) atoms. The van der Waals surface area contributed by atoms with Crippen LogP contribution >= 0.6 is 0 Å². The predicted molar refractivity (Wildman–Crippen MR) is 121 cm³/mol. The highest BCUT2D eigenvalue weighted by molar-refractivity contribution is 6.02. The Bertz CT molecular complexity index is 953. The lowest BCUT2D eigenvalue weighted by Gasteiger charge is -2.33. The molecule has 1 saturated heterocycles. The second-order valence-electron chi connectivity index (χ2n) is 10.4. The Labute approximate surface area is 188 Å². The molecule has 1 saturated carbocycles. The Balaban J connectivity index is 1.34. The van der Waals surface area contributed by atoms with Gasteiger partial charge in [0.15, 0.2) is 5.78 Å². The minimum Gasteiger partial charge on any atom is -0.338 e. The van der Waals surface area contributed by atoms with Crippen molar-refractivity contribution in [1.82, 2.24) is 20.5 Å². The molecule has 1 aromatic rings. The van der Waals surface area contributed by atoms with Crippen LogP contribution in [0.3, 0.4) is 0 Å². The fourth-order valence-electron chi connectivity index (χ4n) is 5.24. The van der Waals surface area contributed by atoms with Crippen LogP contribution in [0.4, 0.5) is 4.79 Å². The van der Waals surface area contributed by atoms with E-state index < -0.39 is 5.56 Å². The lowest BCUT2D eigenvalue weighted by molar-refractivity contribution is 0.0706. The molecule has 0 atom stereocenters. The number of carbonyl (C=O) groups excluding carboxylic acids is 3. The zero-order valence-corrected chi connectivity index (χ0v) is 19.1. The quantitative estimate of drug-likeness (QED) is 0.668. The number of pyridine rings is 1. The molecule has 0 radical (unpaired) electrons. The highest BCUT2D eigenvalue weighted by Crippen LogP contribution is 2.33. The Morgan fingerprint density at radius 1 is 0.969 bits per heavy atom. The first kappa shape index (κ1) is 22.6. The van der Waals surface area contributed by atoms with Gasteiger partial charge in [-0.05, 0) is 43.6 Å². The maximum Gasteiger partial charge on any atom is 0.315 e. The summed E-state index contributed by atoms with van der Waals surface area (Å²) in [5, 5.41) is 6.09. The minimum absolute atomic E-state index is 0.00765. The van der Waals surface area contributed by atoms with Crippen LogP contribution in [-0.2, 0) is 6.42 Å². The van der Waals surface area contributed by atoms with Gasteiger partial charge in [0.25, 0.3) is 11.5 Å². The van der Waals surface area contributed by atoms with E-state index in [9.17, 15) is 19.2 Å². The van der Waals surface area contributed by atoms with Gasteiger partial charge in [-0.1, -0.05) is 33.1 Å². The third kappa shape index (κ3) is 5.05. The van der Waals surface area contributed by atoms with Crippen molar-refractivity contribution in [1.29, 1.82) is 0 Å². The molecule has 174 valence electrons. The number of nitrogens with one attached hydrogen (secondary N) is 3. The van der Waals surface area contributed by atoms with Gasteiger partial charge >= 0.3 is 6.03 Å². The van der Waals surface area contributed by atoms with E-state index in [0.717, 1.165) is 25.7 Å². The van der Waals surface area contributed by atoms with Crippen molar-refractivity contribution in [3.05, 3.63) is 33.2 Å². The fourth-order valence-corrected chi connectivity index (χ4v) is 5.24. The molecule has 8 heteroatoms. The standard InChI is InChI=1S/C24H34N4O4/c1-24(2)13-19-17(20(29)14-24)12-18(21(30)27-19)22(31)28-10-8-16(9-11-28)26-23(32)25-15-6-4-3-5-7-15/h12,15-16H,3-11,13-14H2,1-2H3,(H,27,30)(H2,25,26,32). The maximum atomic E-state index is 13.0. The second-order valence-corrected chi connectivity index (χ2v) is 10.4. The van der Waals surface area contributed by atoms with E-state index in [1.54, 1.807) is 4.90 Å².